The van der Waals surface area contributed by atoms with E-state index in [1.165, 1.54) is 6.07 Å². The molecule has 2 rings (SSSR count). The molecule has 0 saturated carbocycles. The zero-order valence-electron chi connectivity index (χ0n) is 11.0. The van der Waals surface area contributed by atoms with Crippen LogP contribution < -0.4 is 5.32 Å². The molecule has 102 valence electrons. The van der Waals surface area contributed by atoms with Crippen molar-refractivity contribution in [3.05, 3.63) is 53.4 Å². The standard InChI is InChI=1S/C14H17F2N3/c1-3-17-14(13-6-7-19(2)18-13)9-10-8-11(15)4-5-12(10)16/h4-8,14,17H,3,9H2,1-2H3. The molecule has 0 bridgehead atoms. The molecule has 0 radical (unpaired) electrons. The lowest BCUT2D eigenvalue weighted by Gasteiger charge is -2.16. The molecule has 0 aliphatic carbocycles. The van der Waals surface area contributed by atoms with E-state index in [2.05, 4.69) is 10.4 Å². The maximum atomic E-state index is 13.7. The topological polar surface area (TPSA) is 29.9 Å². The van der Waals surface area contributed by atoms with Crippen LogP contribution in [0.1, 0.15) is 24.2 Å². The second-order valence-electron chi connectivity index (χ2n) is 4.46. The lowest BCUT2D eigenvalue weighted by molar-refractivity contribution is 0.507. The van der Waals surface area contributed by atoms with Crippen LogP contribution >= 0.6 is 0 Å². The average molecular weight is 265 g/mol. The van der Waals surface area contributed by atoms with Crippen molar-refractivity contribution in [3.63, 3.8) is 0 Å². The van der Waals surface area contributed by atoms with E-state index in [0.717, 1.165) is 24.4 Å². The first kappa shape index (κ1) is 13.7. The van der Waals surface area contributed by atoms with Crippen molar-refractivity contribution < 1.29 is 8.78 Å². The van der Waals surface area contributed by atoms with Gasteiger partial charge in [-0.25, -0.2) is 8.78 Å². The van der Waals surface area contributed by atoms with Gasteiger partial charge in [-0.05, 0) is 42.8 Å². The zero-order chi connectivity index (χ0) is 13.8. The highest BCUT2D eigenvalue weighted by Gasteiger charge is 2.16. The average Bonchev–Trinajstić information content (AvgIpc) is 2.80. The first-order valence-electron chi connectivity index (χ1n) is 6.27. The smallest absolute Gasteiger partial charge is 0.126 e. The normalized spacial score (nSPS) is 12.6. The molecule has 1 aromatic heterocycles. The number of benzene rings is 1. The van der Waals surface area contributed by atoms with Crippen LogP contribution in [0.25, 0.3) is 0 Å². The van der Waals surface area contributed by atoms with E-state index in [1.54, 1.807) is 4.68 Å². The Bertz CT molecular complexity index is 551. The lowest BCUT2D eigenvalue weighted by Crippen LogP contribution is -2.24. The number of nitrogens with zero attached hydrogens (tertiary/aromatic N) is 2. The zero-order valence-corrected chi connectivity index (χ0v) is 11.0. The molecule has 0 fully saturated rings. The third-order valence-electron chi connectivity index (χ3n) is 2.97. The Labute approximate surface area is 111 Å². The van der Waals surface area contributed by atoms with Gasteiger partial charge in [-0.3, -0.25) is 4.68 Å². The number of hydrogen-bond acceptors (Lipinski definition) is 2. The molecule has 0 saturated heterocycles. The summed E-state index contributed by atoms with van der Waals surface area (Å²) in [6.45, 7) is 2.70. The van der Waals surface area contributed by atoms with Crippen molar-refractivity contribution in [1.29, 1.82) is 0 Å². The van der Waals surface area contributed by atoms with Crippen LogP contribution in [-0.2, 0) is 13.5 Å². The highest BCUT2D eigenvalue weighted by atomic mass is 19.1. The molecule has 19 heavy (non-hydrogen) atoms. The van der Waals surface area contributed by atoms with Crippen LogP contribution in [0.5, 0.6) is 0 Å². The van der Waals surface area contributed by atoms with E-state index in [1.807, 2.05) is 26.2 Å². The summed E-state index contributed by atoms with van der Waals surface area (Å²) in [5, 5.41) is 7.56. The number of aromatic nitrogens is 2. The van der Waals surface area contributed by atoms with Gasteiger partial charge < -0.3 is 5.32 Å². The van der Waals surface area contributed by atoms with Gasteiger partial charge in [-0.15, -0.1) is 0 Å². The van der Waals surface area contributed by atoms with Gasteiger partial charge >= 0.3 is 0 Å². The molecule has 0 aliphatic rings. The van der Waals surface area contributed by atoms with Crippen LogP contribution in [0.15, 0.2) is 30.5 Å². The van der Waals surface area contributed by atoms with E-state index in [4.69, 9.17) is 0 Å². The summed E-state index contributed by atoms with van der Waals surface area (Å²) in [4.78, 5) is 0. The first-order chi connectivity index (χ1) is 9.10. The fraction of sp³-hybridized carbons (Fsp3) is 0.357. The first-order valence-corrected chi connectivity index (χ1v) is 6.27. The maximum Gasteiger partial charge on any atom is 0.126 e. The largest absolute Gasteiger partial charge is 0.309 e. The number of halogens is 2. The van der Waals surface area contributed by atoms with Gasteiger partial charge in [-0.1, -0.05) is 6.92 Å². The van der Waals surface area contributed by atoms with Gasteiger partial charge in [0.25, 0.3) is 0 Å². The van der Waals surface area contributed by atoms with E-state index >= 15 is 0 Å². The van der Waals surface area contributed by atoms with Gasteiger partial charge in [0.15, 0.2) is 0 Å². The Hall–Kier alpha value is -1.75. The summed E-state index contributed by atoms with van der Waals surface area (Å²) in [5.41, 5.74) is 1.18. The second-order valence-corrected chi connectivity index (χ2v) is 4.46. The van der Waals surface area contributed by atoms with Gasteiger partial charge in [0.05, 0.1) is 11.7 Å². The minimum atomic E-state index is -0.423. The van der Waals surface area contributed by atoms with Crippen LogP contribution in [0.3, 0.4) is 0 Å². The van der Waals surface area contributed by atoms with Gasteiger partial charge in [-0.2, -0.15) is 5.10 Å². The Kier molecular flexibility index (Phi) is 4.27. The molecule has 1 atom stereocenters. The molecule has 0 amide bonds. The number of likely N-dealkylation sites (N-methyl/N-ethyl adjacent to an activating group) is 1. The fourth-order valence-corrected chi connectivity index (χ4v) is 2.07. The molecule has 2 aromatic rings. The number of hydrogen-bond donors (Lipinski definition) is 1. The summed E-state index contributed by atoms with van der Waals surface area (Å²) in [6.07, 6.45) is 2.20. The quantitative estimate of drug-likeness (QED) is 0.900. The van der Waals surface area contributed by atoms with Gasteiger partial charge in [0, 0.05) is 13.2 Å². The van der Waals surface area contributed by atoms with Crippen molar-refractivity contribution in [3.8, 4) is 0 Å². The third-order valence-corrected chi connectivity index (χ3v) is 2.97. The molecule has 0 spiro atoms. The van der Waals surface area contributed by atoms with Crippen LogP contribution in [0.4, 0.5) is 8.78 Å². The Morgan fingerprint density at radius 1 is 1.32 bits per heavy atom. The van der Waals surface area contributed by atoms with Crippen LogP contribution in [-0.4, -0.2) is 16.3 Å². The molecule has 1 heterocycles. The molecule has 1 unspecified atom stereocenters. The van der Waals surface area contributed by atoms with E-state index in [-0.39, 0.29) is 11.9 Å². The summed E-state index contributed by atoms with van der Waals surface area (Å²) < 4.78 is 28.6. The summed E-state index contributed by atoms with van der Waals surface area (Å²) >= 11 is 0. The number of aryl methyl sites for hydroxylation is 1. The number of nitrogens with one attached hydrogen (secondary N) is 1. The molecule has 1 aromatic carbocycles. The van der Waals surface area contributed by atoms with Gasteiger partial charge in [0.2, 0.25) is 0 Å². The minimum Gasteiger partial charge on any atom is -0.309 e. The van der Waals surface area contributed by atoms with Gasteiger partial charge in [0.1, 0.15) is 11.6 Å². The fourth-order valence-electron chi connectivity index (χ4n) is 2.07. The SMILES string of the molecule is CCNC(Cc1cc(F)ccc1F)c1ccn(C)n1. The second kappa shape index (κ2) is 5.93. The molecular weight excluding hydrogens is 248 g/mol. The minimum absolute atomic E-state index is 0.123. The van der Waals surface area contributed by atoms with Crippen molar-refractivity contribution in [1.82, 2.24) is 15.1 Å². The van der Waals surface area contributed by atoms with E-state index < -0.39 is 5.82 Å². The van der Waals surface area contributed by atoms with Crippen molar-refractivity contribution in [2.45, 2.75) is 19.4 Å². The van der Waals surface area contributed by atoms with Crippen molar-refractivity contribution in [2.75, 3.05) is 6.54 Å². The highest BCUT2D eigenvalue weighted by Crippen LogP contribution is 2.19. The molecule has 0 aliphatic heterocycles. The summed E-state index contributed by atoms with van der Waals surface area (Å²) in [6, 6.07) is 5.28. The van der Waals surface area contributed by atoms with Crippen molar-refractivity contribution >= 4 is 0 Å². The molecular formula is C14H17F2N3. The predicted octanol–water partition coefficient (Wildman–Crippen LogP) is 2.59. The third kappa shape index (κ3) is 3.38. The summed E-state index contributed by atoms with van der Waals surface area (Å²) in [7, 11) is 1.83. The monoisotopic (exact) mass is 265 g/mol. The van der Waals surface area contributed by atoms with Crippen LogP contribution in [0.2, 0.25) is 0 Å². The molecule has 1 N–H and O–H groups in total. The Balaban J connectivity index is 2.23. The summed E-state index contributed by atoms with van der Waals surface area (Å²) in [5.74, 6) is -0.812. The molecule has 3 nitrogen and oxygen atoms in total. The predicted molar refractivity (Wildman–Crippen MR) is 69.7 cm³/mol. The van der Waals surface area contributed by atoms with E-state index in [9.17, 15) is 8.78 Å². The number of rotatable bonds is 5. The highest BCUT2D eigenvalue weighted by molar-refractivity contribution is 5.22. The Morgan fingerprint density at radius 3 is 2.74 bits per heavy atom. The lowest BCUT2D eigenvalue weighted by atomic mass is 10.0. The van der Waals surface area contributed by atoms with E-state index in [0.29, 0.717) is 12.0 Å². The van der Waals surface area contributed by atoms with Crippen LogP contribution in [0, 0.1) is 11.6 Å². The molecule has 5 heteroatoms. The maximum absolute atomic E-state index is 13.7. The Morgan fingerprint density at radius 2 is 2.11 bits per heavy atom. The van der Waals surface area contributed by atoms with Crippen molar-refractivity contribution in [2.24, 2.45) is 7.05 Å².